The van der Waals surface area contributed by atoms with Gasteiger partial charge >= 0.3 is 6.18 Å². The predicted octanol–water partition coefficient (Wildman–Crippen LogP) is 4.48. The zero-order chi connectivity index (χ0) is 24.5. The number of ether oxygens (including phenoxy) is 1. The minimum absolute atomic E-state index is 0.0644. The van der Waals surface area contributed by atoms with Crippen molar-refractivity contribution in [1.29, 1.82) is 0 Å². The molecule has 10 heteroatoms. The number of benzene rings is 2. The first kappa shape index (κ1) is 24.4. The van der Waals surface area contributed by atoms with Gasteiger partial charge in [-0.15, -0.1) is 0 Å². The van der Waals surface area contributed by atoms with Crippen LogP contribution in [-0.4, -0.2) is 37.0 Å². The first-order valence-electron chi connectivity index (χ1n) is 11.0. The van der Waals surface area contributed by atoms with E-state index in [0.29, 0.717) is 24.6 Å². The molecule has 1 atom stereocenters. The summed E-state index contributed by atoms with van der Waals surface area (Å²) >= 11 is 0. The van der Waals surface area contributed by atoms with Crippen molar-refractivity contribution in [2.24, 2.45) is 0 Å². The maximum absolute atomic E-state index is 13.5. The average Bonchev–Trinajstić information content (AvgIpc) is 3.31. The Hall–Kier alpha value is -2.69. The lowest BCUT2D eigenvalue weighted by molar-refractivity contribution is -0.137. The fourth-order valence-corrected chi connectivity index (χ4v) is 5.57. The molecule has 0 spiro atoms. The summed E-state index contributed by atoms with van der Waals surface area (Å²) in [5, 5.41) is 0.752. The highest BCUT2D eigenvalue weighted by Crippen LogP contribution is 2.32. The minimum atomic E-state index is -4.68. The van der Waals surface area contributed by atoms with Crippen molar-refractivity contribution in [2.75, 3.05) is 13.2 Å². The SMILES string of the molecule is CCc1ccc2[nH]c(=O)c(CN(CC3CCCO3)S(=O)(=O)c3cccc(C(F)(F)F)c3)cc2c1. The molecule has 1 unspecified atom stereocenters. The monoisotopic (exact) mass is 494 g/mol. The number of rotatable bonds is 7. The Bertz CT molecular complexity index is 1350. The second-order valence-corrected chi connectivity index (χ2v) is 10.3. The molecular weight excluding hydrogens is 469 g/mol. The van der Waals surface area contributed by atoms with Crippen LogP contribution >= 0.6 is 0 Å². The Morgan fingerprint density at radius 3 is 2.62 bits per heavy atom. The predicted molar refractivity (Wildman–Crippen MR) is 122 cm³/mol. The summed E-state index contributed by atoms with van der Waals surface area (Å²) in [7, 11) is -4.35. The second kappa shape index (κ2) is 9.52. The first-order chi connectivity index (χ1) is 16.1. The summed E-state index contributed by atoms with van der Waals surface area (Å²) in [4.78, 5) is 15.0. The van der Waals surface area contributed by atoms with Crippen LogP contribution in [0.5, 0.6) is 0 Å². The van der Waals surface area contributed by atoms with Gasteiger partial charge in [0.1, 0.15) is 0 Å². The molecule has 182 valence electrons. The third-order valence-corrected chi connectivity index (χ3v) is 7.78. The van der Waals surface area contributed by atoms with Gasteiger partial charge < -0.3 is 9.72 Å². The maximum atomic E-state index is 13.5. The van der Waals surface area contributed by atoms with E-state index in [1.165, 1.54) is 0 Å². The molecule has 0 radical (unpaired) electrons. The Labute approximate surface area is 195 Å². The fraction of sp³-hybridized carbons (Fsp3) is 0.375. The molecule has 2 heterocycles. The molecule has 1 fully saturated rings. The number of nitrogens with zero attached hydrogens (tertiary/aromatic N) is 1. The molecule has 4 rings (SSSR count). The summed E-state index contributed by atoms with van der Waals surface area (Å²) in [6, 6.07) is 10.9. The largest absolute Gasteiger partial charge is 0.416 e. The van der Waals surface area contributed by atoms with Crippen LogP contribution in [0.2, 0.25) is 0 Å². The molecule has 1 aliphatic rings. The third kappa shape index (κ3) is 5.18. The van der Waals surface area contributed by atoms with Gasteiger partial charge in [0.2, 0.25) is 10.0 Å². The number of aromatic nitrogens is 1. The van der Waals surface area contributed by atoms with Gasteiger partial charge in [-0.25, -0.2) is 8.42 Å². The minimum Gasteiger partial charge on any atom is -0.377 e. The van der Waals surface area contributed by atoms with E-state index >= 15 is 0 Å². The number of halogens is 3. The van der Waals surface area contributed by atoms with E-state index in [2.05, 4.69) is 4.98 Å². The number of alkyl halides is 3. The highest BCUT2D eigenvalue weighted by atomic mass is 32.2. The van der Waals surface area contributed by atoms with Crippen LogP contribution in [0.4, 0.5) is 13.2 Å². The topological polar surface area (TPSA) is 79.5 Å². The van der Waals surface area contributed by atoms with Crippen molar-refractivity contribution >= 4 is 20.9 Å². The van der Waals surface area contributed by atoms with Gasteiger partial charge in [-0.05, 0) is 66.6 Å². The van der Waals surface area contributed by atoms with Gasteiger partial charge in [0.15, 0.2) is 0 Å². The highest BCUT2D eigenvalue weighted by Gasteiger charge is 2.34. The number of fused-ring (bicyclic) bond motifs is 1. The third-order valence-electron chi connectivity index (χ3n) is 5.97. The van der Waals surface area contributed by atoms with Gasteiger partial charge in [0.05, 0.1) is 16.6 Å². The van der Waals surface area contributed by atoms with E-state index in [4.69, 9.17) is 4.74 Å². The Kier molecular flexibility index (Phi) is 6.84. The van der Waals surface area contributed by atoms with Gasteiger partial charge in [-0.1, -0.05) is 19.1 Å². The number of sulfonamides is 1. The molecular formula is C24H25F3N2O4S. The molecule has 1 aliphatic heterocycles. The molecule has 1 N–H and O–H groups in total. The zero-order valence-corrected chi connectivity index (χ0v) is 19.4. The van der Waals surface area contributed by atoms with E-state index in [-0.39, 0.29) is 18.7 Å². The van der Waals surface area contributed by atoms with Crippen molar-refractivity contribution in [3.05, 3.63) is 75.6 Å². The number of hydrogen-bond acceptors (Lipinski definition) is 4. The van der Waals surface area contributed by atoms with Crippen molar-refractivity contribution in [3.63, 3.8) is 0 Å². The molecule has 0 bridgehead atoms. The van der Waals surface area contributed by atoms with Crippen molar-refractivity contribution in [1.82, 2.24) is 9.29 Å². The lowest BCUT2D eigenvalue weighted by Gasteiger charge is -2.25. The number of nitrogens with one attached hydrogen (secondary N) is 1. The Morgan fingerprint density at radius 2 is 1.94 bits per heavy atom. The van der Waals surface area contributed by atoms with Gasteiger partial charge in [-0.3, -0.25) is 4.79 Å². The number of aromatic amines is 1. The molecule has 0 saturated carbocycles. The normalized spacial score (nSPS) is 17.0. The summed E-state index contributed by atoms with van der Waals surface area (Å²) in [5.41, 5.74) is 0.375. The number of H-pyrrole nitrogens is 1. The molecule has 2 aromatic carbocycles. The Morgan fingerprint density at radius 1 is 1.15 bits per heavy atom. The molecule has 1 aromatic heterocycles. The smallest absolute Gasteiger partial charge is 0.377 e. The molecule has 1 saturated heterocycles. The van der Waals surface area contributed by atoms with Gasteiger partial charge in [0, 0.05) is 30.8 Å². The van der Waals surface area contributed by atoms with Crippen LogP contribution < -0.4 is 5.56 Å². The number of aryl methyl sites for hydroxylation is 1. The molecule has 6 nitrogen and oxygen atoms in total. The van der Waals surface area contributed by atoms with E-state index in [0.717, 1.165) is 46.3 Å². The lowest BCUT2D eigenvalue weighted by Crippen LogP contribution is -2.38. The van der Waals surface area contributed by atoms with E-state index in [1.54, 1.807) is 12.1 Å². The summed E-state index contributed by atoms with van der Waals surface area (Å²) in [6.45, 7) is 2.13. The summed E-state index contributed by atoms with van der Waals surface area (Å²) in [6.07, 6.45) is -2.90. The zero-order valence-electron chi connectivity index (χ0n) is 18.6. The molecule has 34 heavy (non-hydrogen) atoms. The quantitative estimate of drug-likeness (QED) is 0.525. The van der Waals surface area contributed by atoms with Crippen molar-refractivity contribution in [3.8, 4) is 0 Å². The van der Waals surface area contributed by atoms with Crippen LogP contribution in [0.3, 0.4) is 0 Å². The van der Waals surface area contributed by atoms with E-state index in [1.807, 2.05) is 19.1 Å². The molecule has 3 aromatic rings. The fourth-order valence-electron chi connectivity index (χ4n) is 4.07. The standard InChI is InChI=1S/C24H25F3N2O4S/c1-2-16-8-9-22-17(11-16)12-18(23(30)28-22)14-29(15-20-6-4-10-33-20)34(31,32)21-7-3-5-19(13-21)24(25,26)27/h3,5,7-9,11-13,20H,2,4,6,10,14-15H2,1H3,(H,28,30). The second-order valence-electron chi connectivity index (χ2n) is 8.36. The van der Waals surface area contributed by atoms with Crippen LogP contribution in [-0.2, 0) is 33.9 Å². The van der Waals surface area contributed by atoms with E-state index < -0.39 is 38.3 Å². The van der Waals surface area contributed by atoms with Crippen molar-refractivity contribution in [2.45, 2.75) is 49.9 Å². The lowest BCUT2D eigenvalue weighted by atomic mass is 10.1. The van der Waals surface area contributed by atoms with E-state index in [9.17, 15) is 26.4 Å². The van der Waals surface area contributed by atoms with Crippen LogP contribution in [0, 0.1) is 0 Å². The highest BCUT2D eigenvalue weighted by molar-refractivity contribution is 7.89. The van der Waals surface area contributed by atoms with Crippen LogP contribution in [0.25, 0.3) is 10.9 Å². The molecule has 0 aliphatic carbocycles. The number of hydrogen-bond donors (Lipinski definition) is 1. The Balaban J connectivity index is 1.75. The summed E-state index contributed by atoms with van der Waals surface area (Å²) in [5.74, 6) is 0. The maximum Gasteiger partial charge on any atom is 0.416 e. The van der Waals surface area contributed by atoms with Gasteiger partial charge in [0.25, 0.3) is 5.56 Å². The van der Waals surface area contributed by atoms with Crippen LogP contribution in [0.15, 0.2) is 58.2 Å². The first-order valence-corrected chi connectivity index (χ1v) is 12.5. The van der Waals surface area contributed by atoms with Gasteiger partial charge in [-0.2, -0.15) is 17.5 Å². The van der Waals surface area contributed by atoms with Crippen LogP contribution in [0.1, 0.15) is 36.5 Å². The summed E-state index contributed by atoms with van der Waals surface area (Å²) < 4.78 is 73.2. The average molecular weight is 495 g/mol. The number of pyridine rings is 1. The molecule has 0 amide bonds. The van der Waals surface area contributed by atoms with Crippen molar-refractivity contribution < 1.29 is 26.3 Å².